The number of hydrogen-bond acceptors (Lipinski definition) is 9. The van der Waals surface area contributed by atoms with Crippen LogP contribution in [0.15, 0.2) is 152 Å². The van der Waals surface area contributed by atoms with Gasteiger partial charge in [0.05, 0.1) is 46.2 Å². The number of hydroxylamine groups is 2. The molecule has 0 saturated carbocycles. The number of carbonyl (C=O) groups excluding carboxylic acids is 1. The SMILES string of the molecule is CCOC(=O)[C@H]1C[C@@]2(OC(COCc3ccccc3)[C@@H](OCc3ccccc3)[C@H](OCc3ccccc3)[C@H]2OCc2ccccc2)ON1Cc1ccccc1. The predicted molar refractivity (Wildman–Crippen MR) is 207 cm³/mol. The first-order valence-corrected chi connectivity index (χ1v) is 19.0. The second-order valence-corrected chi connectivity index (χ2v) is 13.8. The second kappa shape index (κ2) is 19.2. The summed E-state index contributed by atoms with van der Waals surface area (Å²) in [6.45, 7) is 3.72. The molecule has 2 heterocycles. The maximum Gasteiger partial charge on any atom is 0.325 e. The van der Waals surface area contributed by atoms with Gasteiger partial charge in [0.25, 0.3) is 0 Å². The zero-order chi connectivity index (χ0) is 37.7. The summed E-state index contributed by atoms with van der Waals surface area (Å²) in [4.78, 5) is 20.7. The molecule has 9 heteroatoms. The third-order valence-corrected chi connectivity index (χ3v) is 9.85. The van der Waals surface area contributed by atoms with Crippen LogP contribution in [0, 0.1) is 0 Å². The molecule has 1 spiro atoms. The van der Waals surface area contributed by atoms with Crippen LogP contribution in [-0.2, 0) is 71.0 Å². The lowest BCUT2D eigenvalue weighted by atomic mass is 9.88. The Morgan fingerprint density at radius 2 is 1.07 bits per heavy atom. The van der Waals surface area contributed by atoms with E-state index in [0.717, 1.165) is 27.8 Å². The molecule has 5 aromatic rings. The van der Waals surface area contributed by atoms with Gasteiger partial charge in [-0.05, 0) is 34.7 Å². The molecule has 7 rings (SSSR count). The van der Waals surface area contributed by atoms with Crippen LogP contribution in [0.3, 0.4) is 0 Å². The standard InChI is InChI=1S/C46H49NO8/c1-2-50-45(48)40-28-46(55-47(40)29-35-18-8-3-9-19-35)44(53-33-39-26-16-7-17-27-39)43(52-32-38-24-14-6-15-25-38)42(51-31-37-22-12-5-13-23-37)41(54-46)34-49-30-36-20-10-4-11-21-36/h3-27,40-44H,2,28-34H2,1H3/t40-,41?,42-,43+,44-,46-/m1/s1. The molecule has 6 atom stereocenters. The Labute approximate surface area is 323 Å². The monoisotopic (exact) mass is 743 g/mol. The summed E-state index contributed by atoms with van der Waals surface area (Å²) in [6.07, 6.45) is -2.76. The molecule has 0 aromatic heterocycles. The van der Waals surface area contributed by atoms with E-state index in [1.807, 2.05) is 152 Å². The van der Waals surface area contributed by atoms with Gasteiger partial charge in [-0.3, -0.25) is 9.63 Å². The average Bonchev–Trinajstić information content (AvgIpc) is 3.59. The number of rotatable bonds is 17. The van der Waals surface area contributed by atoms with Crippen LogP contribution in [0.2, 0.25) is 0 Å². The predicted octanol–water partition coefficient (Wildman–Crippen LogP) is 7.82. The van der Waals surface area contributed by atoms with Gasteiger partial charge in [0.15, 0.2) is 0 Å². The van der Waals surface area contributed by atoms with Crippen LogP contribution in [-0.4, -0.2) is 60.5 Å². The minimum absolute atomic E-state index is 0.129. The van der Waals surface area contributed by atoms with Gasteiger partial charge in [0.1, 0.15) is 30.5 Å². The topological polar surface area (TPSA) is 84.9 Å². The summed E-state index contributed by atoms with van der Waals surface area (Å²) in [5.41, 5.74) is 4.96. The summed E-state index contributed by atoms with van der Waals surface area (Å²) >= 11 is 0. The van der Waals surface area contributed by atoms with Crippen LogP contribution in [0.1, 0.15) is 41.2 Å². The number of benzene rings is 5. The molecule has 2 saturated heterocycles. The van der Waals surface area contributed by atoms with Crippen molar-refractivity contribution in [2.45, 2.75) is 82.6 Å². The van der Waals surface area contributed by atoms with Gasteiger partial charge in [0.2, 0.25) is 5.79 Å². The molecule has 0 radical (unpaired) electrons. The van der Waals surface area contributed by atoms with Crippen molar-refractivity contribution in [3.63, 3.8) is 0 Å². The number of carbonyl (C=O) groups is 1. The molecule has 0 aliphatic carbocycles. The van der Waals surface area contributed by atoms with Gasteiger partial charge in [0, 0.05) is 6.42 Å². The second-order valence-electron chi connectivity index (χ2n) is 13.8. The number of ether oxygens (including phenoxy) is 6. The van der Waals surface area contributed by atoms with E-state index in [1.165, 1.54) is 0 Å². The fourth-order valence-electron chi connectivity index (χ4n) is 7.17. The Hall–Kier alpha value is -4.71. The lowest BCUT2D eigenvalue weighted by molar-refractivity contribution is -0.408. The van der Waals surface area contributed by atoms with Crippen LogP contribution in [0.25, 0.3) is 0 Å². The molecule has 2 aliphatic heterocycles. The molecule has 5 aromatic carbocycles. The summed E-state index contributed by atoms with van der Waals surface area (Å²) in [5.74, 6) is -1.88. The number of esters is 1. The third-order valence-electron chi connectivity index (χ3n) is 9.85. The average molecular weight is 744 g/mol. The van der Waals surface area contributed by atoms with E-state index in [-0.39, 0.29) is 32.8 Å². The van der Waals surface area contributed by atoms with Crippen LogP contribution in [0.5, 0.6) is 0 Å². The van der Waals surface area contributed by atoms with Crippen molar-refractivity contribution in [2.24, 2.45) is 0 Å². The normalized spacial score (nSPS) is 23.8. The van der Waals surface area contributed by atoms with E-state index in [1.54, 1.807) is 12.0 Å². The minimum atomic E-state index is -1.48. The maximum absolute atomic E-state index is 13.8. The van der Waals surface area contributed by atoms with E-state index in [4.69, 9.17) is 33.3 Å². The number of nitrogens with zero attached hydrogens (tertiary/aromatic N) is 1. The first kappa shape index (κ1) is 38.6. The minimum Gasteiger partial charge on any atom is -0.465 e. The Bertz CT molecular complexity index is 1870. The van der Waals surface area contributed by atoms with E-state index in [9.17, 15) is 4.79 Å². The Balaban J connectivity index is 1.28. The lowest BCUT2D eigenvalue weighted by Gasteiger charge is -2.50. The van der Waals surface area contributed by atoms with Gasteiger partial charge in [-0.2, -0.15) is 5.06 Å². The van der Waals surface area contributed by atoms with Crippen molar-refractivity contribution < 1.29 is 38.1 Å². The molecule has 2 fully saturated rings. The molecule has 286 valence electrons. The van der Waals surface area contributed by atoms with Crippen LogP contribution in [0.4, 0.5) is 0 Å². The van der Waals surface area contributed by atoms with Gasteiger partial charge in [-0.25, -0.2) is 0 Å². The van der Waals surface area contributed by atoms with Gasteiger partial charge >= 0.3 is 5.97 Å². The fourth-order valence-corrected chi connectivity index (χ4v) is 7.17. The summed E-state index contributed by atoms with van der Waals surface area (Å²) < 4.78 is 39.9. The molecule has 1 unspecified atom stereocenters. The fraction of sp³-hybridized carbons (Fsp3) is 0.326. The quantitative estimate of drug-likeness (QED) is 0.0886. The molecular formula is C46H49NO8. The first-order valence-electron chi connectivity index (χ1n) is 19.0. The van der Waals surface area contributed by atoms with Crippen molar-refractivity contribution in [2.75, 3.05) is 13.2 Å². The van der Waals surface area contributed by atoms with Crippen molar-refractivity contribution >= 4 is 5.97 Å². The molecule has 0 amide bonds. The molecular weight excluding hydrogens is 695 g/mol. The highest BCUT2D eigenvalue weighted by atomic mass is 16.8. The summed E-state index contributed by atoms with van der Waals surface area (Å²) in [6, 6.07) is 49.1. The van der Waals surface area contributed by atoms with Crippen LogP contribution < -0.4 is 0 Å². The molecule has 2 aliphatic rings. The van der Waals surface area contributed by atoms with Crippen molar-refractivity contribution in [1.29, 1.82) is 0 Å². The summed E-state index contributed by atoms with van der Waals surface area (Å²) in [5, 5.41) is 1.67. The Kier molecular flexibility index (Phi) is 13.5. The van der Waals surface area contributed by atoms with Crippen molar-refractivity contribution in [3.05, 3.63) is 179 Å². The van der Waals surface area contributed by atoms with Gasteiger partial charge in [-0.15, -0.1) is 0 Å². The highest BCUT2D eigenvalue weighted by Gasteiger charge is 2.64. The number of hydrogen-bond donors (Lipinski definition) is 0. The third kappa shape index (κ3) is 10.1. The Morgan fingerprint density at radius 3 is 1.58 bits per heavy atom. The van der Waals surface area contributed by atoms with Crippen LogP contribution >= 0.6 is 0 Å². The van der Waals surface area contributed by atoms with Gasteiger partial charge in [-0.1, -0.05) is 152 Å². The molecule has 9 nitrogen and oxygen atoms in total. The summed E-state index contributed by atoms with van der Waals surface area (Å²) in [7, 11) is 0. The largest absolute Gasteiger partial charge is 0.465 e. The smallest absolute Gasteiger partial charge is 0.325 e. The van der Waals surface area contributed by atoms with E-state index in [0.29, 0.717) is 19.8 Å². The van der Waals surface area contributed by atoms with E-state index < -0.39 is 42.2 Å². The van der Waals surface area contributed by atoms with Crippen molar-refractivity contribution in [1.82, 2.24) is 5.06 Å². The Morgan fingerprint density at radius 1 is 0.618 bits per heavy atom. The highest BCUT2D eigenvalue weighted by Crippen LogP contribution is 2.46. The zero-order valence-corrected chi connectivity index (χ0v) is 31.2. The lowest BCUT2D eigenvalue weighted by Crippen LogP contribution is -2.67. The van der Waals surface area contributed by atoms with Crippen molar-refractivity contribution in [3.8, 4) is 0 Å². The van der Waals surface area contributed by atoms with E-state index in [2.05, 4.69) is 0 Å². The zero-order valence-electron chi connectivity index (χ0n) is 31.2. The molecule has 0 N–H and O–H groups in total. The maximum atomic E-state index is 13.8. The molecule has 0 bridgehead atoms. The van der Waals surface area contributed by atoms with Gasteiger partial charge < -0.3 is 28.4 Å². The first-order chi connectivity index (χ1) is 27.1. The van der Waals surface area contributed by atoms with E-state index >= 15 is 0 Å². The highest BCUT2D eigenvalue weighted by molar-refractivity contribution is 5.76. The molecule has 55 heavy (non-hydrogen) atoms.